The summed E-state index contributed by atoms with van der Waals surface area (Å²) in [5.41, 5.74) is 1.98. The number of benzene rings is 2. The first-order valence-electron chi connectivity index (χ1n) is 34.3. The lowest BCUT2D eigenvalue weighted by molar-refractivity contribution is -0.147. The fourth-order valence-corrected chi connectivity index (χ4v) is 16.2. The number of amides is 7. The van der Waals surface area contributed by atoms with Gasteiger partial charge >= 0.3 is 10.4 Å². The molecule has 1 aromatic heterocycles. The van der Waals surface area contributed by atoms with Gasteiger partial charge in [-0.25, -0.2) is 0 Å². The third kappa shape index (κ3) is 19.5. The zero-order chi connectivity index (χ0) is 71.6. The molecule has 13 atom stereocenters. The molecule has 31 nitrogen and oxygen atoms in total. The van der Waals surface area contributed by atoms with Gasteiger partial charge in [0.2, 0.25) is 41.4 Å². The van der Waals surface area contributed by atoms with E-state index in [0.717, 1.165) is 88.0 Å². The number of aliphatic hydroxyl groups excluding tert-OH is 6. The monoisotopic (exact) mass is 1430 g/mol. The molecule has 4 aliphatic heterocycles. The highest BCUT2D eigenvalue weighted by Crippen LogP contribution is 2.43. The zero-order valence-electron chi connectivity index (χ0n) is 56.6. The number of aromatic hydroxyl groups is 1. The van der Waals surface area contributed by atoms with Crippen molar-refractivity contribution < 1.29 is 91.2 Å². The van der Waals surface area contributed by atoms with E-state index in [1.54, 1.807) is 30.3 Å². The molecule has 2 saturated carbocycles. The molecule has 0 radical (unpaired) electrons. The second-order valence-corrected chi connectivity index (χ2v) is 29.9. The van der Waals surface area contributed by atoms with Crippen LogP contribution in [0, 0.1) is 17.8 Å². The number of carbonyl (C=O) groups is 7. The average Bonchev–Trinajstić information content (AvgIpc) is 1.78. The summed E-state index contributed by atoms with van der Waals surface area (Å²) in [6.45, 7) is 3.74. The van der Waals surface area contributed by atoms with Gasteiger partial charge in [-0.2, -0.15) is 8.42 Å². The zero-order valence-corrected chi connectivity index (χ0v) is 58.2. The quantitative estimate of drug-likeness (QED) is 0.0591. The fourth-order valence-electron chi connectivity index (χ4n) is 14.8. The van der Waals surface area contributed by atoms with Crippen LogP contribution in [0.25, 0.3) is 10.6 Å². The summed E-state index contributed by atoms with van der Waals surface area (Å²) >= 11 is 1.55. The number of hydrogen-bond donors (Lipinski definition) is 14. The molecule has 0 spiro atoms. The number of likely N-dealkylation sites (N-methyl/N-ethyl adjacent to an activating group) is 1. The van der Waals surface area contributed by atoms with Crippen LogP contribution >= 0.6 is 11.3 Å². The summed E-state index contributed by atoms with van der Waals surface area (Å²) in [4.78, 5) is 108. The normalized spacial score (nSPS) is 29.1. The molecule has 0 unspecified atom stereocenters. The molecular formula is C66H98N12O19S2. The number of anilines is 1. The molecule has 548 valence electrons. The van der Waals surface area contributed by atoms with E-state index >= 15 is 4.79 Å². The van der Waals surface area contributed by atoms with E-state index in [4.69, 9.17) is 4.74 Å². The Labute approximate surface area is 580 Å². The minimum Gasteiger partial charge on any atom is -0.504 e. The highest BCUT2D eigenvalue weighted by molar-refractivity contribution is 7.81. The number of methoxy groups -OCH3 is 1. The Bertz CT molecular complexity index is 3400. The summed E-state index contributed by atoms with van der Waals surface area (Å²) in [5, 5.41) is 106. The summed E-state index contributed by atoms with van der Waals surface area (Å²) in [6, 6.07) is 0.365. The van der Waals surface area contributed by atoms with Crippen molar-refractivity contribution in [1.29, 1.82) is 0 Å². The number of nitrogens with zero attached hydrogens (tertiary/aromatic N) is 6. The molecule has 9 rings (SSSR count). The summed E-state index contributed by atoms with van der Waals surface area (Å²) < 4.78 is 43.4. The van der Waals surface area contributed by atoms with Crippen molar-refractivity contribution >= 4 is 68.8 Å². The predicted molar refractivity (Wildman–Crippen MR) is 360 cm³/mol. The molecule has 7 amide bonds. The van der Waals surface area contributed by atoms with Gasteiger partial charge < -0.3 is 96.2 Å². The lowest BCUT2D eigenvalue weighted by atomic mass is 9.72. The van der Waals surface area contributed by atoms with Crippen LogP contribution in [0.5, 0.6) is 11.5 Å². The van der Waals surface area contributed by atoms with Gasteiger partial charge in [-0.05, 0) is 139 Å². The van der Waals surface area contributed by atoms with Gasteiger partial charge in [0, 0.05) is 88.9 Å². The smallest absolute Gasteiger partial charge is 0.446 e. The number of piperidine rings is 1. The summed E-state index contributed by atoms with van der Waals surface area (Å²) in [5.74, 6) is -9.38. The SMILES string of the molecule is COC1(C2CCCCC2)CCN(c2ccc(-c3nnc(C4CCC(CN[C@H]5C[C@@H](O)CNC(=O)[C@@H]6[C@@H](O)[C@@H](C)CN6C(=O)[C@H]([C@H](O)CC(=O)NCCN(C)C)NC(=O)[C@H]([C@H](O)Cc6ccc(O)c(OS(=O)(=O)O)c6)NC(=O)[C@@H]6C[C@@H](O)CN6C(=O)[C@H]([C@@H](C)O)NC5=O)CC4)s3)cc2)CC1. The Kier molecular flexibility index (Phi) is 26.1. The molecule has 4 saturated heterocycles. The van der Waals surface area contributed by atoms with Gasteiger partial charge in [-0.15, -0.1) is 10.2 Å². The number of phenols is 1. The number of ether oxygens (including phenoxy) is 1. The van der Waals surface area contributed by atoms with Crippen molar-refractivity contribution in [2.75, 3.05) is 78.5 Å². The topological polar surface area (TPSA) is 445 Å². The molecule has 99 heavy (non-hydrogen) atoms. The number of carbonyl (C=O) groups excluding carboxylic acids is 7. The maximum absolute atomic E-state index is 15.0. The van der Waals surface area contributed by atoms with Crippen LogP contribution in [-0.4, -0.2) is 267 Å². The fraction of sp³-hybridized carbons (Fsp3) is 0.682. The second kappa shape index (κ2) is 33.8. The Hall–Kier alpha value is -6.76. The standard InChI is InChI=1S/C66H98N12O19S2/c1-36-34-78-56(57(36)86)61(90)69-33-44(80)29-46(68-32-38-11-14-40(15-12-38)62-73-74-63(98-62)41-16-18-43(19-17-41)76-24-21-66(96-5,22-25-76)42-9-7-6-8-10-42)58(87)70-53(37(2)79)64(91)77-35-45(81)30-47(77)59(88)71-54(49(83)27-39-13-20-48(82)51(28-39)97-99(93,94)95)60(89)72-55(65(78)92)50(84)31-52(85)67-23-26-75(3)4/h13,16-20,28,36-38,40,42,44-47,49-50,53-57,68,79-84,86H,6-12,14-15,21-27,29-35H2,1-5H3,(H,67,85)(H,69,90)(H,70,87)(H,71,88)(H,72,89)(H,93,94,95)/t36-,37+,38?,40?,44+,45+,46-,47-,49+,50+,53-,54-,55-,56-,57-/m0/s1. The lowest BCUT2D eigenvalue weighted by Crippen LogP contribution is -2.64. The van der Waals surface area contributed by atoms with Gasteiger partial charge in [0.25, 0.3) is 0 Å². The van der Waals surface area contributed by atoms with Gasteiger partial charge in [0.15, 0.2) is 11.5 Å². The first-order valence-corrected chi connectivity index (χ1v) is 36.5. The van der Waals surface area contributed by atoms with Crippen molar-refractivity contribution in [1.82, 2.24) is 56.8 Å². The van der Waals surface area contributed by atoms with Crippen LogP contribution in [0.4, 0.5) is 5.69 Å². The number of phenolic OH excluding ortho intramolecular Hbond substituents is 1. The van der Waals surface area contributed by atoms with Gasteiger partial charge in [-0.3, -0.25) is 38.1 Å². The Balaban J connectivity index is 0.933. The lowest BCUT2D eigenvalue weighted by Gasteiger charge is -2.47. The molecule has 5 heterocycles. The van der Waals surface area contributed by atoms with E-state index in [1.807, 2.05) is 7.11 Å². The highest BCUT2D eigenvalue weighted by atomic mass is 32.3. The molecule has 2 aliphatic carbocycles. The Morgan fingerprint density at radius 3 is 2.12 bits per heavy atom. The average molecular weight is 1430 g/mol. The molecule has 0 bridgehead atoms. The highest BCUT2D eigenvalue weighted by Gasteiger charge is 2.50. The largest absolute Gasteiger partial charge is 0.504 e. The van der Waals surface area contributed by atoms with E-state index in [-0.39, 0.29) is 42.6 Å². The first-order chi connectivity index (χ1) is 47.0. The molecule has 6 aliphatic rings. The van der Waals surface area contributed by atoms with E-state index in [2.05, 4.69) is 75.4 Å². The Morgan fingerprint density at radius 1 is 0.798 bits per heavy atom. The minimum absolute atomic E-state index is 0.00225. The second-order valence-electron chi connectivity index (χ2n) is 27.9. The number of β-amino-alcohol motifs (C(OH)–C–C–N with tert-alkyl or cyclic N) is 1. The molecular weight excluding hydrogens is 1330 g/mol. The molecule has 6 fully saturated rings. The Morgan fingerprint density at radius 2 is 1.46 bits per heavy atom. The summed E-state index contributed by atoms with van der Waals surface area (Å²) in [7, 11) is 0.123. The van der Waals surface area contributed by atoms with Crippen LogP contribution in [0.2, 0.25) is 0 Å². The van der Waals surface area contributed by atoms with Crippen molar-refractivity contribution in [2.45, 2.75) is 195 Å². The van der Waals surface area contributed by atoms with Crippen molar-refractivity contribution in [3.05, 3.63) is 53.0 Å². The number of hydrogen-bond acceptors (Lipinski definition) is 24. The van der Waals surface area contributed by atoms with Gasteiger partial charge in [-0.1, -0.05) is 43.6 Å². The predicted octanol–water partition coefficient (Wildman–Crippen LogP) is -1.19. The molecule has 33 heteroatoms. The van der Waals surface area contributed by atoms with Crippen LogP contribution in [-0.2, 0) is 55.1 Å². The maximum atomic E-state index is 15.0. The van der Waals surface area contributed by atoms with Crippen LogP contribution in [0.15, 0.2) is 42.5 Å². The number of aromatic nitrogens is 2. The molecule has 2 aromatic carbocycles. The van der Waals surface area contributed by atoms with Gasteiger partial charge in [0.05, 0.1) is 54.7 Å². The number of aliphatic hydroxyl groups is 6. The minimum atomic E-state index is -5.23. The van der Waals surface area contributed by atoms with Crippen LogP contribution in [0.1, 0.15) is 120 Å². The molecule has 3 aromatic rings. The third-order valence-electron chi connectivity index (χ3n) is 20.5. The maximum Gasteiger partial charge on any atom is 0.446 e. The van der Waals surface area contributed by atoms with Crippen molar-refractivity contribution in [3.8, 4) is 22.1 Å². The van der Waals surface area contributed by atoms with Crippen LogP contribution < -0.4 is 41.0 Å². The van der Waals surface area contributed by atoms with E-state index in [1.165, 1.54) is 46.0 Å². The number of rotatable bonds is 20. The first kappa shape index (κ1) is 76.4. The van der Waals surface area contributed by atoms with Crippen molar-refractivity contribution in [3.63, 3.8) is 0 Å². The van der Waals surface area contributed by atoms with Crippen LogP contribution in [0.3, 0.4) is 0 Å². The van der Waals surface area contributed by atoms with E-state index in [9.17, 15) is 77.5 Å². The number of nitrogens with one attached hydrogen (secondary N) is 6. The van der Waals surface area contributed by atoms with E-state index in [0.29, 0.717) is 25.3 Å². The molecule has 14 N–H and O–H groups in total. The van der Waals surface area contributed by atoms with Gasteiger partial charge in [0.1, 0.15) is 40.2 Å². The van der Waals surface area contributed by atoms with Crippen molar-refractivity contribution in [2.24, 2.45) is 17.8 Å². The summed E-state index contributed by atoms with van der Waals surface area (Å²) in [6.07, 6.45) is -1.76. The van der Waals surface area contributed by atoms with E-state index < -0.39 is 181 Å². The number of fused-ring (bicyclic) bond motifs is 2. The third-order valence-corrected chi connectivity index (χ3v) is 22.0.